The molecule has 2 aliphatic rings. The largest absolute Gasteiger partial charge is 0.354 e. The molecule has 1 aliphatic heterocycles. The van der Waals surface area contributed by atoms with Crippen molar-refractivity contribution in [3.63, 3.8) is 0 Å². The number of aromatic nitrogens is 2. The summed E-state index contributed by atoms with van der Waals surface area (Å²) in [4.78, 5) is 12.8. The molecule has 1 aromatic carbocycles. The molecule has 7 nitrogen and oxygen atoms in total. The van der Waals surface area contributed by atoms with Gasteiger partial charge in [-0.05, 0) is 37.3 Å². The third-order valence-corrected chi connectivity index (χ3v) is 9.08. The topological polar surface area (TPSA) is 84.3 Å². The minimum absolute atomic E-state index is 0.0210. The zero-order valence-corrected chi connectivity index (χ0v) is 19.5. The first kappa shape index (κ1) is 22.3. The monoisotopic (exact) mass is 464 g/mol. The fourth-order valence-corrected chi connectivity index (χ4v) is 7.17. The molecule has 0 saturated heterocycles. The molecule has 2 aromatic rings. The van der Waals surface area contributed by atoms with E-state index in [2.05, 4.69) is 10.4 Å². The van der Waals surface area contributed by atoms with Crippen LogP contribution in [0, 0.1) is 12.8 Å². The summed E-state index contributed by atoms with van der Waals surface area (Å²) >= 11 is 6.32. The van der Waals surface area contributed by atoms with Crippen LogP contribution in [0.4, 0.5) is 0 Å². The molecule has 168 valence electrons. The zero-order chi connectivity index (χ0) is 22.2. The third kappa shape index (κ3) is 4.25. The molecule has 2 heterocycles. The van der Waals surface area contributed by atoms with Crippen molar-refractivity contribution in [1.29, 1.82) is 0 Å². The Morgan fingerprint density at radius 3 is 2.61 bits per heavy atom. The predicted molar refractivity (Wildman–Crippen MR) is 119 cm³/mol. The maximum absolute atomic E-state index is 13.7. The van der Waals surface area contributed by atoms with Gasteiger partial charge in [0.25, 0.3) is 0 Å². The fourth-order valence-electron chi connectivity index (χ4n) is 4.86. The van der Waals surface area contributed by atoms with E-state index in [9.17, 15) is 13.2 Å². The smallest absolute Gasteiger partial charge is 0.248 e. The number of aryl methyl sites for hydroxylation is 2. The van der Waals surface area contributed by atoms with Gasteiger partial charge in [-0.2, -0.15) is 9.40 Å². The van der Waals surface area contributed by atoms with Crippen molar-refractivity contribution < 1.29 is 13.2 Å². The molecule has 4 rings (SSSR count). The maximum Gasteiger partial charge on any atom is 0.248 e. The Morgan fingerprint density at radius 2 is 1.94 bits per heavy atom. The second kappa shape index (κ2) is 8.92. The first-order valence-corrected chi connectivity index (χ1v) is 12.7. The highest BCUT2D eigenvalue weighted by Crippen LogP contribution is 2.37. The summed E-state index contributed by atoms with van der Waals surface area (Å²) in [5.41, 5.74) is 2.41. The number of carbonyl (C=O) groups excluding carboxylic acids is 1. The van der Waals surface area contributed by atoms with Gasteiger partial charge in [-0.1, -0.05) is 55.1 Å². The summed E-state index contributed by atoms with van der Waals surface area (Å²) in [7, 11) is -2.27. The fraction of sp³-hybridized carbons (Fsp3) is 0.545. The maximum atomic E-state index is 13.7. The number of nitrogens with one attached hydrogen (secondary N) is 1. The summed E-state index contributed by atoms with van der Waals surface area (Å²) in [6, 6.07) is 7.36. The summed E-state index contributed by atoms with van der Waals surface area (Å²) in [6.07, 6.45) is 5.74. The van der Waals surface area contributed by atoms with E-state index in [-0.39, 0.29) is 28.4 Å². The molecule has 9 heteroatoms. The molecule has 1 atom stereocenters. The first-order chi connectivity index (χ1) is 14.8. The van der Waals surface area contributed by atoms with Gasteiger partial charge in [0.05, 0.1) is 11.7 Å². The number of amides is 1. The Morgan fingerprint density at radius 1 is 1.23 bits per heavy atom. The van der Waals surface area contributed by atoms with Crippen LogP contribution in [0.5, 0.6) is 0 Å². The molecular formula is C22H29ClN4O3S. The average Bonchev–Trinajstić information content (AvgIpc) is 3.03. The minimum atomic E-state index is -3.90. The van der Waals surface area contributed by atoms with E-state index in [1.807, 2.05) is 24.3 Å². The number of nitrogens with zero attached hydrogens (tertiary/aromatic N) is 3. The molecule has 31 heavy (non-hydrogen) atoms. The number of fused-ring (bicyclic) bond motifs is 1. The van der Waals surface area contributed by atoms with E-state index in [4.69, 9.17) is 11.6 Å². The first-order valence-electron chi connectivity index (χ1n) is 10.9. The number of benzene rings is 1. The van der Waals surface area contributed by atoms with Crippen molar-refractivity contribution in [3.8, 4) is 0 Å². The number of hydrogen-bond acceptors (Lipinski definition) is 4. The van der Waals surface area contributed by atoms with Crippen molar-refractivity contribution in [2.24, 2.45) is 13.0 Å². The number of hydrogen-bond donors (Lipinski definition) is 1. The minimum Gasteiger partial charge on any atom is -0.354 e. The van der Waals surface area contributed by atoms with Crippen molar-refractivity contribution >= 4 is 27.5 Å². The van der Waals surface area contributed by atoms with E-state index in [1.165, 1.54) is 15.4 Å². The number of halogens is 1. The van der Waals surface area contributed by atoms with Crippen LogP contribution in [0.25, 0.3) is 0 Å². The molecule has 0 radical (unpaired) electrons. The van der Waals surface area contributed by atoms with Crippen LogP contribution in [-0.4, -0.2) is 41.5 Å². The van der Waals surface area contributed by atoms with Gasteiger partial charge in [0.15, 0.2) is 0 Å². The van der Waals surface area contributed by atoms with Crippen molar-refractivity contribution in [2.45, 2.75) is 56.4 Å². The normalized spacial score (nSPS) is 20.4. The Hall–Kier alpha value is -1.90. The van der Waals surface area contributed by atoms with Crippen LogP contribution in [0.2, 0.25) is 5.15 Å². The van der Waals surface area contributed by atoms with Crippen LogP contribution in [0.15, 0.2) is 29.2 Å². The average molecular weight is 465 g/mol. The van der Waals surface area contributed by atoms with E-state index < -0.39 is 16.1 Å². The lowest BCUT2D eigenvalue weighted by atomic mass is 9.88. The van der Waals surface area contributed by atoms with Crippen LogP contribution < -0.4 is 5.32 Å². The Bertz CT molecular complexity index is 1080. The van der Waals surface area contributed by atoms with Gasteiger partial charge in [-0.3, -0.25) is 9.48 Å². The molecule has 0 bridgehead atoms. The quantitative estimate of drug-likeness (QED) is 0.735. The molecular weight excluding hydrogens is 436 g/mol. The van der Waals surface area contributed by atoms with E-state index in [0.29, 0.717) is 18.7 Å². The lowest BCUT2D eigenvalue weighted by molar-refractivity contribution is -0.126. The summed E-state index contributed by atoms with van der Waals surface area (Å²) in [6.45, 7) is 2.22. The van der Waals surface area contributed by atoms with Crippen molar-refractivity contribution in [1.82, 2.24) is 19.4 Å². The second-order valence-electron chi connectivity index (χ2n) is 8.49. The van der Waals surface area contributed by atoms with Gasteiger partial charge in [0.1, 0.15) is 10.0 Å². The summed E-state index contributed by atoms with van der Waals surface area (Å²) in [5, 5.41) is 7.34. The molecule has 0 unspecified atom stereocenters. The van der Waals surface area contributed by atoms with Crippen molar-refractivity contribution in [2.75, 3.05) is 13.1 Å². The molecule has 1 saturated carbocycles. The second-order valence-corrected chi connectivity index (χ2v) is 10.7. The molecule has 1 aliphatic carbocycles. The Balaban J connectivity index is 1.65. The zero-order valence-electron chi connectivity index (χ0n) is 18.0. The number of carbonyl (C=O) groups is 1. The highest BCUT2D eigenvalue weighted by molar-refractivity contribution is 7.89. The molecule has 1 fully saturated rings. The summed E-state index contributed by atoms with van der Waals surface area (Å²) in [5.74, 6) is 0.0448. The van der Waals surface area contributed by atoms with Gasteiger partial charge in [-0.15, -0.1) is 0 Å². The van der Waals surface area contributed by atoms with E-state index in [1.54, 1.807) is 14.0 Å². The Labute approximate surface area is 188 Å². The highest BCUT2D eigenvalue weighted by Gasteiger charge is 2.39. The van der Waals surface area contributed by atoms with Crippen LogP contribution in [-0.2, 0) is 28.3 Å². The molecule has 1 aromatic heterocycles. The third-order valence-electron chi connectivity index (χ3n) is 6.48. The Kier molecular flexibility index (Phi) is 6.42. The molecule has 1 N–H and O–H groups in total. The van der Waals surface area contributed by atoms with Crippen LogP contribution in [0.1, 0.15) is 55.0 Å². The number of sulfonamides is 1. The van der Waals surface area contributed by atoms with Gasteiger partial charge >= 0.3 is 0 Å². The van der Waals surface area contributed by atoms with Crippen LogP contribution in [0.3, 0.4) is 0 Å². The summed E-state index contributed by atoms with van der Waals surface area (Å²) < 4.78 is 30.2. The van der Waals surface area contributed by atoms with Gasteiger partial charge < -0.3 is 5.32 Å². The van der Waals surface area contributed by atoms with Crippen LogP contribution >= 0.6 is 11.6 Å². The van der Waals surface area contributed by atoms with E-state index in [0.717, 1.165) is 36.8 Å². The molecule has 0 spiro atoms. The van der Waals surface area contributed by atoms with Crippen molar-refractivity contribution in [3.05, 3.63) is 46.2 Å². The van der Waals surface area contributed by atoms with Gasteiger partial charge in [-0.25, -0.2) is 8.42 Å². The van der Waals surface area contributed by atoms with E-state index >= 15 is 0 Å². The number of rotatable bonds is 5. The predicted octanol–water partition coefficient (Wildman–Crippen LogP) is 3.37. The molecule has 1 amide bonds. The van der Waals surface area contributed by atoms with Gasteiger partial charge in [0.2, 0.25) is 15.9 Å². The standard InChI is InChI=1S/C22H29ClN4O3S/c1-15-20(21(23)26(2)25-15)31(29,30)27-13-12-16-8-6-7-11-18(16)19(27)14-24-22(28)17-9-4-3-5-10-17/h6-8,11,17,19H,3-5,9-10,12-14H2,1-2H3,(H,24,28)/t19-/m0/s1. The lowest BCUT2D eigenvalue weighted by Crippen LogP contribution is -2.46. The SMILES string of the molecule is Cc1nn(C)c(Cl)c1S(=O)(=O)N1CCc2ccccc2[C@@H]1CNC(=O)C1CCCCC1. The van der Waals surface area contributed by atoms with Gasteiger partial charge in [0, 0.05) is 26.1 Å². The highest BCUT2D eigenvalue weighted by atomic mass is 35.5. The lowest BCUT2D eigenvalue weighted by Gasteiger charge is -2.36.